The molecule has 0 aromatic heterocycles. The summed E-state index contributed by atoms with van der Waals surface area (Å²) in [5.41, 5.74) is 0.904. The van der Waals surface area contributed by atoms with E-state index in [9.17, 15) is 4.79 Å². The van der Waals surface area contributed by atoms with E-state index in [-0.39, 0.29) is 18.8 Å². The summed E-state index contributed by atoms with van der Waals surface area (Å²) in [6.07, 6.45) is 5.54. The summed E-state index contributed by atoms with van der Waals surface area (Å²) in [5.74, 6) is 1.34. The van der Waals surface area contributed by atoms with E-state index in [0.29, 0.717) is 12.3 Å². The maximum Gasteiger partial charge on any atom is 0.244 e. The van der Waals surface area contributed by atoms with Gasteiger partial charge in [0, 0.05) is 19.2 Å². The highest BCUT2D eigenvalue weighted by Crippen LogP contribution is 2.32. The quantitative estimate of drug-likeness (QED) is 0.850. The first kappa shape index (κ1) is 13.0. The Kier molecular flexibility index (Phi) is 3.87. The third kappa shape index (κ3) is 3.11. The van der Waals surface area contributed by atoms with E-state index in [1.165, 1.54) is 6.08 Å². The Morgan fingerprint density at radius 3 is 3.10 bits per heavy atom. The van der Waals surface area contributed by atoms with Crippen molar-refractivity contribution in [2.45, 2.75) is 18.9 Å². The molecule has 1 N–H and O–H groups in total. The minimum Gasteiger partial charge on any atom is -0.454 e. The monoisotopic (exact) mass is 275 g/mol. The molecule has 0 radical (unpaired) electrons. The third-order valence-electron chi connectivity index (χ3n) is 3.35. The normalized spacial score (nSPS) is 20.5. The molecule has 0 bridgehead atoms. The highest BCUT2D eigenvalue weighted by molar-refractivity contribution is 5.91. The van der Waals surface area contributed by atoms with Crippen molar-refractivity contribution in [3.63, 3.8) is 0 Å². The van der Waals surface area contributed by atoms with Gasteiger partial charge in [-0.3, -0.25) is 4.79 Å². The van der Waals surface area contributed by atoms with Crippen LogP contribution in [0, 0.1) is 0 Å². The fourth-order valence-electron chi connectivity index (χ4n) is 2.27. The van der Waals surface area contributed by atoms with E-state index >= 15 is 0 Å². The highest BCUT2D eigenvalue weighted by Gasteiger charge is 2.15. The Labute approximate surface area is 117 Å². The summed E-state index contributed by atoms with van der Waals surface area (Å²) in [7, 11) is 0. The van der Waals surface area contributed by atoms with Gasteiger partial charge in [-0.05, 0) is 36.6 Å². The summed E-state index contributed by atoms with van der Waals surface area (Å²) < 4.78 is 16.0. The molecule has 1 atom stereocenters. The maximum absolute atomic E-state index is 11.7. The van der Waals surface area contributed by atoms with Crippen LogP contribution < -0.4 is 14.8 Å². The zero-order chi connectivity index (χ0) is 13.8. The molecular weight excluding hydrogens is 258 g/mol. The molecular formula is C15H17NO4. The Morgan fingerprint density at radius 1 is 1.35 bits per heavy atom. The van der Waals surface area contributed by atoms with Crippen molar-refractivity contribution in [2.75, 3.05) is 19.9 Å². The molecule has 0 aliphatic carbocycles. The van der Waals surface area contributed by atoms with Crippen LogP contribution in [0.25, 0.3) is 6.08 Å². The molecule has 0 spiro atoms. The second-order valence-corrected chi connectivity index (χ2v) is 4.83. The van der Waals surface area contributed by atoms with Crippen LogP contribution in [0.5, 0.6) is 11.5 Å². The molecule has 0 saturated carbocycles. The lowest BCUT2D eigenvalue weighted by Crippen LogP contribution is -2.30. The molecule has 20 heavy (non-hydrogen) atoms. The predicted octanol–water partition coefficient (Wildman–Crippen LogP) is 1.72. The van der Waals surface area contributed by atoms with Gasteiger partial charge in [-0.15, -0.1) is 0 Å². The molecule has 2 aliphatic rings. The number of carbonyl (C=O) groups is 1. The van der Waals surface area contributed by atoms with Gasteiger partial charge in [-0.1, -0.05) is 6.07 Å². The Bertz CT molecular complexity index is 521. The summed E-state index contributed by atoms with van der Waals surface area (Å²) in [4.78, 5) is 11.7. The molecule has 1 fully saturated rings. The van der Waals surface area contributed by atoms with Crippen LogP contribution in [0.3, 0.4) is 0 Å². The molecule has 5 nitrogen and oxygen atoms in total. The molecule has 2 aliphatic heterocycles. The van der Waals surface area contributed by atoms with E-state index in [0.717, 1.165) is 30.8 Å². The van der Waals surface area contributed by atoms with E-state index in [1.54, 1.807) is 6.08 Å². The molecule has 5 heteroatoms. The van der Waals surface area contributed by atoms with Gasteiger partial charge < -0.3 is 19.5 Å². The van der Waals surface area contributed by atoms with Crippen LogP contribution in [0.1, 0.15) is 18.4 Å². The van der Waals surface area contributed by atoms with Gasteiger partial charge in [0.25, 0.3) is 0 Å². The molecule has 1 saturated heterocycles. The van der Waals surface area contributed by atoms with Crippen LogP contribution in [0.4, 0.5) is 0 Å². The average Bonchev–Trinajstić information content (AvgIpc) is 3.13. The van der Waals surface area contributed by atoms with Gasteiger partial charge in [0.15, 0.2) is 11.5 Å². The van der Waals surface area contributed by atoms with E-state index in [2.05, 4.69) is 5.32 Å². The van der Waals surface area contributed by atoms with Gasteiger partial charge in [0.1, 0.15) is 0 Å². The summed E-state index contributed by atoms with van der Waals surface area (Å²) in [5, 5.41) is 2.84. The van der Waals surface area contributed by atoms with Crippen molar-refractivity contribution in [1.29, 1.82) is 0 Å². The second-order valence-electron chi connectivity index (χ2n) is 4.83. The standard InChI is InChI=1S/C15H17NO4/c17-15(16-9-12-2-1-7-18-12)6-4-11-3-5-13-14(8-11)20-10-19-13/h3-6,8,12H,1-2,7,9-10H2,(H,16,17)/b6-4-/t12-/m0/s1. The minimum atomic E-state index is -0.113. The van der Waals surface area contributed by atoms with Crippen molar-refractivity contribution in [3.05, 3.63) is 29.8 Å². The summed E-state index contributed by atoms with van der Waals surface area (Å²) in [6.45, 7) is 1.63. The molecule has 1 aromatic rings. The van der Waals surface area contributed by atoms with Crippen LogP contribution in [0.15, 0.2) is 24.3 Å². The van der Waals surface area contributed by atoms with E-state index in [4.69, 9.17) is 14.2 Å². The number of fused-ring (bicyclic) bond motifs is 1. The van der Waals surface area contributed by atoms with Crippen LogP contribution in [-0.2, 0) is 9.53 Å². The maximum atomic E-state index is 11.7. The largest absolute Gasteiger partial charge is 0.454 e. The molecule has 1 aromatic carbocycles. The first-order chi connectivity index (χ1) is 9.81. The van der Waals surface area contributed by atoms with E-state index in [1.807, 2.05) is 18.2 Å². The van der Waals surface area contributed by atoms with Crippen molar-refractivity contribution in [2.24, 2.45) is 0 Å². The SMILES string of the molecule is O=C(/C=C\c1ccc2c(c1)OCO2)NC[C@@H]1CCCO1. The molecule has 0 unspecified atom stereocenters. The van der Waals surface area contributed by atoms with Gasteiger partial charge in [-0.2, -0.15) is 0 Å². The van der Waals surface area contributed by atoms with Gasteiger partial charge in [-0.25, -0.2) is 0 Å². The number of nitrogens with one attached hydrogen (secondary N) is 1. The molecule has 106 valence electrons. The Balaban J connectivity index is 1.52. The zero-order valence-electron chi connectivity index (χ0n) is 11.1. The Morgan fingerprint density at radius 2 is 2.25 bits per heavy atom. The summed E-state index contributed by atoms with van der Waals surface area (Å²) in [6, 6.07) is 5.58. The third-order valence-corrected chi connectivity index (χ3v) is 3.35. The number of ether oxygens (including phenoxy) is 3. The smallest absolute Gasteiger partial charge is 0.244 e. The zero-order valence-corrected chi connectivity index (χ0v) is 11.1. The fraction of sp³-hybridized carbons (Fsp3) is 0.400. The lowest BCUT2D eigenvalue weighted by atomic mass is 10.2. The predicted molar refractivity (Wildman–Crippen MR) is 73.6 cm³/mol. The van der Waals surface area contributed by atoms with Crippen molar-refractivity contribution < 1.29 is 19.0 Å². The fourth-order valence-corrected chi connectivity index (χ4v) is 2.27. The van der Waals surface area contributed by atoms with Crippen molar-refractivity contribution in [3.8, 4) is 11.5 Å². The van der Waals surface area contributed by atoms with Gasteiger partial charge in [0.05, 0.1) is 6.10 Å². The number of amides is 1. The number of hydrogen-bond donors (Lipinski definition) is 1. The van der Waals surface area contributed by atoms with Crippen LogP contribution >= 0.6 is 0 Å². The van der Waals surface area contributed by atoms with Crippen LogP contribution in [0.2, 0.25) is 0 Å². The van der Waals surface area contributed by atoms with Crippen molar-refractivity contribution in [1.82, 2.24) is 5.32 Å². The lowest BCUT2D eigenvalue weighted by Gasteiger charge is -2.08. The molecule has 2 heterocycles. The minimum absolute atomic E-state index is 0.113. The van der Waals surface area contributed by atoms with Crippen LogP contribution in [-0.4, -0.2) is 32.0 Å². The Hall–Kier alpha value is -2.01. The number of rotatable bonds is 4. The molecule has 1 amide bonds. The second kappa shape index (κ2) is 5.96. The van der Waals surface area contributed by atoms with Gasteiger partial charge in [0.2, 0.25) is 12.7 Å². The first-order valence-corrected chi connectivity index (χ1v) is 6.78. The topological polar surface area (TPSA) is 56.8 Å². The first-order valence-electron chi connectivity index (χ1n) is 6.78. The van der Waals surface area contributed by atoms with Gasteiger partial charge >= 0.3 is 0 Å². The number of benzene rings is 1. The molecule has 3 rings (SSSR count). The lowest BCUT2D eigenvalue weighted by molar-refractivity contribution is -0.116. The summed E-state index contributed by atoms with van der Waals surface area (Å²) >= 11 is 0. The number of hydrogen-bond acceptors (Lipinski definition) is 4. The number of carbonyl (C=O) groups excluding carboxylic acids is 1. The highest BCUT2D eigenvalue weighted by atomic mass is 16.7. The van der Waals surface area contributed by atoms with Crippen molar-refractivity contribution >= 4 is 12.0 Å². The van der Waals surface area contributed by atoms with E-state index < -0.39 is 0 Å². The average molecular weight is 275 g/mol.